The molecule has 0 unspecified atom stereocenters. The molecule has 0 fully saturated rings. The van der Waals surface area contributed by atoms with Crippen molar-refractivity contribution in [1.82, 2.24) is 9.97 Å². The highest BCUT2D eigenvalue weighted by Gasteiger charge is 2.09. The van der Waals surface area contributed by atoms with Crippen LogP contribution in [0.2, 0.25) is 0 Å². The maximum atomic E-state index is 8.82. The number of fused-ring (bicyclic) bond motifs is 1. The molecule has 114 valence electrons. The van der Waals surface area contributed by atoms with Gasteiger partial charge in [0.05, 0.1) is 12.1 Å². The number of aliphatic hydroxyl groups is 1. The molecule has 22 heavy (non-hydrogen) atoms. The average molecular weight is 297 g/mol. The van der Waals surface area contributed by atoms with Gasteiger partial charge in [0.25, 0.3) is 0 Å². The number of nitrogen functional groups attached to an aromatic ring is 1. The summed E-state index contributed by atoms with van der Waals surface area (Å²) < 4.78 is 0. The first kappa shape index (κ1) is 14.5. The van der Waals surface area contributed by atoms with Gasteiger partial charge < -0.3 is 16.2 Å². The van der Waals surface area contributed by atoms with E-state index in [0.29, 0.717) is 6.54 Å². The number of anilines is 2. The number of hydrogen-bond donors (Lipinski definition) is 3. The molecule has 0 amide bonds. The van der Waals surface area contributed by atoms with Crippen molar-refractivity contribution in [2.45, 2.75) is 12.8 Å². The van der Waals surface area contributed by atoms with Crippen molar-refractivity contribution < 1.29 is 5.11 Å². The molecule has 0 atom stereocenters. The van der Waals surface area contributed by atoms with Gasteiger partial charge in [-0.3, -0.25) is 4.99 Å². The standard InChI is InChI=1S/C16H19N5O/c17-16-20-14-9-11(12-5-7-18-10-12)3-4-13(14)15(21-16)19-6-1-2-8-22/h3-5,7,9,22H,1-2,6,8,10H2,(H3,17,19,20,21). The average Bonchev–Trinajstić information content (AvgIpc) is 3.05. The second-order valence-corrected chi connectivity index (χ2v) is 5.20. The second kappa shape index (κ2) is 6.53. The van der Waals surface area contributed by atoms with Crippen molar-refractivity contribution in [2.24, 2.45) is 4.99 Å². The summed E-state index contributed by atoms with van der Waals surface area (Å²) in [6.07, 6.45) is 5.48. The maximum Gasteiger partial charge on any atom is 0.222 e. The van der Waals surface area contributed by atoms with E-state index < -0.39 is 0 Å². The summed E-state index contributed by atoms with van der Waals surface area (Å²) in [5, 5.41) is 13.0. The highest BCUT2D eigenvalue weighted by Crippen LogP contribution is 2.26. The van der Waals surface area contributed by atoms with Crippen LogP contribution in [0.15, 0.2) is 29.3 Å². The minimum Gasteiger partial charge on any atom is -0.396 e. The van der Waals surface area contributed by atoms with Crippen LogP contribution < -0.4 is 11.1 Å². The van der Waals surface area contributed by atoms with Crippen molar-refractivity contribution >= 4 is 34.5 Å². The van der Waals surface area contributed by atoms with Crippen molar-refractivity contribution in [1.29, 1.82) is 0 Å². The third-order valence-electron chi connectivity index (χ3n) is 3.61. The molecule has 0 spiro atoms. The topological polar surface area (TPSA) is 96.4 Å². The van der Waals surface area contributed by atoms with E-state index >= 15 is 0 Å². The van der Waals surface area contributed by atoms with Crippen LogP contribution in [0.5, 0.6) is 0 Å². The van der Waals surface area contributed by atoms with E-state index in [0.717, 1.165) is 41.7 Å². The Morgan fingerprint density at radius 2 is 2.14 bits per heavy atom. The number of unbranched alkanes of at least 4 members (excludes halogenated alkanes) is 1. The van der Waals surface area contributed by atoms with Crippen LogP contribution in [0.3, 0.4) is 0 Å². The van der Waals surface area contributed by atoms with Gasteiger partial charge in [-0.1, -0.05) is 6.07 Å². The molecule has 1 aliphatic heterocycles. The van der Waals surface area contributed by atoms with Gasteiger partial charge in [-0.05, 0) is 42.2 Å². The van der Waals surface area contributed by atoms with E-state index in [4.69, 9.17) is 10.8 Å². The maximum absolute atomic E-state index is 8.82. The Bertz CT molecular complexity index is 739. The van der Waals surface area contributed by atoms with Crippen LogP contribution in [-0.4, -0.2) is 41.0 Å². The van der Waals surface area contributed by atoms with Crippen LogP contribution >= 0.6 is 0 Å². The van der Waals surface area contributed by atoms with Gasteiger partial charge in [-0.2, -0.15) is 4.98 Å². The van der Waals surface area contributed by atoms with Gasteiger partial charge in [0.1, 0.15) is 5.82 Å². The molecule has 6 heteroatoms. The number of nitrogens with zero attached hydrogens (tertiary/aromatic N) is 3. The molecule has 1 aromatic carbocycles. The predicted octanol–water partition coefficient (Wildman–Crippen LogP) is 1.86. The Morgan fingerprint density at radius 3 is 2.91 bits per heavy atom. The Balaban J connectivity index is 1.89. The lowest BCUT2D eigenvalue weighted by molar-refractivity contribution is 0.286. The highest BCUT2D eigenvalue weighted by molar-refractivity contribution is 5.95. The van der Waals surface area contributed by atoms with Crippen molar-refractivity contribution in [3.63, 3.8) is 0 Å². The first-order chi connectivity index (χ1) is 10.8. The van der Waals surface area contributed by atoms with Crippen LogP contribution in [0.25, 0.3) is 16.5 Å². The minimum atomic E-state index is 0.203. The summed E-state index contributed by atoms with van der Waals surface area (Å²) in [5.74, 6) is 0.995. The van der Waals surface area contributed by atoms with E-state index in [1.807, 2.05) is 24.4 Å². The summed E-state index contributed by atoms with van der Waals surface area (Å²) in [6.45, 7) is 1.65. The van der Waals surface area contributed by atoms with Gasteiger partial charge in [-0.25, -0.2) is 4.98 Å². The summed E-state index contributed by atoms with van der Waals surface area (Å²) in [4.78, 5) is 12.8. The van der Waals surface area contributed by atoms with E-state index in [1.54, 1.807) is 0 Å². The second-order valence-electron chi connectivity index (χ2n) is 5.20. The van der Waals surface area contributed by atoms with Crippen molar-refractivity contribution in [2.75, 3.05) is 30.7 Å². The molecule has 6 nitrogen and oxygen atoms in total. The van der Waals surface area contributed by atoms with Crippen molar-refractivity contribution in [3.05, 3.63) is 29.8 Å². The number of allylic oxidation sites excluding steroid dienone is 1. The molecule has 3 rings (SSSR count). The van der Waals surface area contributed by atoms with Gasteiger partial charge in [0.15, 0.2) is 0 Å². The van der Waals surface area contributed by atoms with E-state index in [-0.39, 0.29) is 12.6 Å². The molecular formula is C16H19N5O. The fourth-order valence-corrected chi connectivity index (χ4v) is 2.46. The Labute approximate surface area is 128 Å². The molecule has 0 saturated carbocycles. The first-order valence-electron chi connectivity index (χ1n) is 7.39. The lowest BCUT2D eigenvalue weighted by atomic mass is 10.0. The predicted molar refractivity (Wildman–Crippen MR) is 90.1 cm³/mol. The number of aromatic nitrogens is 2. The molecule has 1 aliphatic rings. The van der Waals surface area contributed by atoms with Gasteiger partial charge in [0.2, 0.25) is 5.95 Å². The highest BCUT2D eigenvalue weighted by atomic mass is 16.2. The molecule has 0 bridgehead atoms. The molecule has 2 aromatic rings. The van der Waals surface area contributed by atoms with E-state index in [2.05, 4.69) is 26.3 Å². The number of aliphatic imine (C=N–C) groups is 1. The zero-order chi connectivity index (χ0) is 15.4. The van der Waals surface area contributed by atoms with Crippen LogP contribution in [0.1, 0.15) is 18.4 Å². The molecule has 2 heterocycles. The largest absolute Gasteiger partial charge is 0.396 e. The summed E-state index contributed by atoms with van der Waals surface area (Å²) in [7, 11) is 0. The van der Waals surface area contributed by atoms with E-state index in [1.165, 1.54) is 5.57 Å². The Kier molecular flexibility index (Phi) is 4.29. The third-order valence-corrected chi connectivity index (χ3v) is 3.61. The summed E-state index contributed by atoms with van der Waals surface area (Å²) >= 11 is 0. The van der Waals surface area contributed by atoms with Gasteiger partial charge in [-0.15, -0.1) is 0 Å². The summed E-state index contributed by atoms with van der Waals surface area (Å²) in [6, 6.07) is 6.09. The van der Waals surface area contributed by atoms with Crippen LogP contribution in [0.4, 0.5) is 11.8 Å². The molecule has 4 N–H and O–H groups in total. The van der Waals surface area contributed by atoms with Gasteiger partial charge >= 0.3 is 0 Å². The quantitative estimate of drug-likeness (QED) is 0.707. The molecule has 1 aromatic heterocycles. The smallest absolute Gasteiger partial charge is 0.222 e. The zero-order valence-corrected chi connectivity index (χ0v) is 12.3. The first-order valence-corrected chi connectivity index (χ1v) is 7.39. The molecule has 0 radical (unpaired) electrons. The fraction of sp³-hybridized carbons (Fsp3) is 0.312. The van der Waals surface area contributed by atoms with Crippen molar-refractivity contribution in [3.8, 4) is 0 Å². The van der Waals surface area contributed by atoms with Crippen LogP contribution in [-0.2, 0) is 0 Å². The Morgan fingerprint density at radius 1 is 1.23 bits per heavy atom. The molecular weight excluding hydrogens is 278 g/mol. The number of aliphatic hydroxyl groups excluding tert-OH is 1. The number of hydrogen-bond acceptors (Lipinski definition) is 6. The number of nitrogens with two attached hydrogens (primary N) is 1. The number of nitrogens with one attached hydrogen (secondary N) is 1. The lowest BCUT2D eigenvalue weighted by Crippen LogP contribution is -2.07. The lowest BCUT2D eigenvalue weighted by Gasteiger charge is -2.10. The fourth-order valence-electron chi connectivity index (χ4n) is 2.46. The monoisotopic (exact) mass is 297 g/mol. The normalized spacial score (nSPS) is 13.6. The molecule has 0 saturated heterocycles. The van der Waals surface area contributed by atoms with Gasteiger partial charge in [0, 0.05) is 24.8 Å². The molecule has 0 aliphatic carbocycles. The van der Waals surface area contributed by atoms with Crippen LogP contribution in [0, 0.1) is 0 Å². The zero-order valence-electron chi connectivity index (χ0n) is 12.3. The number of rotatable bonds is 6. The minimum absolute atomic E-state index is 0.203. The SMILES string of the molecule is Nc1nc(NCCCCO)c2ccc(C3=CC=NC3)cc2n1. The number of benzene rings is 1. The Hall–Kier alpha value is -2.47. The third kappa shape index (κ3) is 3.07. The summed E-state index contributed by atoms with van der Waals surface area (Å²) in [5.41, 5.74) is 8.92. The van der Waals surface area contributed by atoms with E-state index in [9.17, 15) is 0 Å².